The number of hydrogen-bond acceptors (Lipinski definition) is 4. The van der Waals surface area contributed by atoms with E-state index >= 15 is 0 Å². The molecule has 0 saturated carbocycles. The molecule has 1 unspecified atom stereocenters. The lowest BCUT2D eigenvalue weighted by atomic mass is 9.96. The Labute approximate surface area is 151 Å². The van der Waals surface area contributed by atoms with Crippen LogP contribution in [0.25, 0.3) is 0 Å². The molecule has 1 aromatic rings. The second-order valence-electron chi connectivity index (χ2n) is 6.28. The fraction of sp³-hybridized carbons (Fsp3) is 0.600. The number of rotatable bonds is 4. The molecule has 24 heavy (non-hydrogen) atoms. The van der Waals surface area contributed by atoms with Crippen LogP contribution in [-0.4, -0.2) is 23.4 Å². The lowest BCUT2D eigenvalue weighted by Crippen LogP contribution is -2.06. The van der Waals surface area contributed by atoms with Crippen LogP contribution in [-0.2, 0) is 20.7 Å². The predicted octanol–water partition coefficient (Wildman–Crippen LogP) is 5.26. The highest BCUT2D eigenvalue weighted by Gasteiger charge is 2.28. The zero-order valence-electron chi connectivity index (χ0n) is 15.9. The zero-order chi connectivity index (χ0) is 18.5. The Hall–Kier alpha value is -1.29. The number of benzene rings is 1. The number of carbonyl (C=O) groups excluding carboxylic acids is 2. The minimum atomic E-state index is -0.213. The molecule has 1 aliphatic rings. The van der Waals surface area contributed by atoms with E-state index in [1.165, 1.54) is 42.7 Å². The molecule has 0 heterocycles. The third-order valence-corrected chi connectivity index (χ3v) is 4.12. The van der Waals surface area contributed by atoms with E-state index in [-0.39, 0.29) is 12.1 Å². The monoisotopic (exact) mass is 352 g/mol. The molecular formula is C20H32O3S. The smallest absolute Gasteiger partial charge is 0.302 e. The van der Waals surface area contributed by atoms with Crippen molar-refractivity contribution in [3.05, 3.63) is 35.4 Å². The van der Waals surface area contributed by atoms with Crippen LogP contribution in [0, 0.1) is 5.92 Å². The summed E-state index contributed by atoms with van der Waals surface area (Å²) >= 11 is 1.39. The Morgan fingerprint density at radius 1 is 1.33 bits per heavy atom. The molecule has 3 nitrogen and oxygen atoms in total. The fourth-order valence-corrected chi connectivity index (χ4v) is 3.40. The second kappa shape index (κ2) is 13.1. The van der Waals surface area contributed by atoms with Crippen molar-refractivity contribution in [2.24, 2.45) is 5.92 Å². The number of fused-ring (bicyclic) bond motifs is 1. The highest BCUT2D eigenvalue weighted by Crippen LogP contribution is 2.39. The summed E-state index contributed by atoms with van der Waals surface area (Å²) in [5, 5.41) is 0. The van der Waals surface area contributed by atoms with Crippen molar-refractivity contribution in [1.29, 1.82) is 0 Å². The van der Waals surface area contributed by atoms with Gasteiger partial charge in [0.2, 0.25) is 0 Å². The number of esters is 1. The van der Waals surface area contributed by atoms with Gasteiger partial charge in [-0.15, -0.1) is 0 Å². The van der Waals surface area contributed by atoms with E-state index in [2.05, 4.69) is 49.8 Å². The third-order valence-electron chi connectivity index (χ3n) is 3.43. The first kappa shape index (κ1) is 22.7. The Morgan fingerprint density at radius 2 is 1.92 bits per heavy atom. The molecule has 0 radical (unpaired) electrons. The Bertz CT molecular complexity index is 486. The van der Waals surface area contributed by atoms with E-state index in [4.69, 9.17) is 0 Å². The van der Waals surface area contributed by atoms with Gasteiger partial charge in [-0.25, -0.2) is 0 Å². The van der Waals surface area contributed by atoms with Crippen molar-refractivity contribution in [3.63, 3.8) is 0 Å². The first-order chi connectivity index (χ1) is 11.4. The van der Waals surface area contributed by atoms with Crippen LogP contribution in [0.3, 0.4) is 0 Å². The molecule has 0 aliphatic heterocycles. The maximum absolute atomic E-state index is 10.3. The summed E-state index contributed by atoms with van der Waals surface area (Å²) in [5.74, 6) is 1.97. The van der Waals surface area contributed by atoms with Crippen LogP contribution >= 0.6 is 11.8 Å². The largest absolute Gasteiger partial charge is 0.463 e. The molecule has 1 aliphatic carbocycles. The molecule has 2 atom stereocenters. The van der Waals surface area contributed by atoms with E-state index in [1.54, 1.807) is 0 Å². The minimum Gasteiger partial charge on any atom is -0.463 e. The van der Waals surface area contributed by atoms with Crippen LogP contribution < -0.4 is 0 Å². The van der Waals surface area contributed by atoms with Crippen molar-refractivity contribution in [2.75, 3.05) is 5.75 Å². The van der Waals surface area contributed by atoms with Gasteiger partial charge in [0, 0.05) is 12.7 Å². The molecule has 0 amide bonds. The number of hydrogen-bond donors (Lipinski definition) is 0. The van der Waals surface area contributed by atoms with Crippen LogP contribution in [0.15, 0.2) is 24.3 Å². The highest BCUT2D eigenvalue weighted by atomic mass is 32.2. The van der Waals surface area contributed by atoms with Gasteiger partial charge in [-0.3, -0.25) is 9.59 Å². The number of carbonyl (C=O) groups is 2. The minimum absolute atomic E-state index is 0.0255. The molecule has 0 N–H and O–H groups in total. The molecular weight excluding hydrogens is 320 g/mol. The van der Waals surface area contributed by atoms with E-state index in [9.17, 15) is 9.59 Å². The van der Waals surface area contributed by atoms with Gasteiger partial charge >= 0.3 is 5.97 Å². The number of ether oxygens (including phenoxy) is 1. The molecule has 136 valence electrons. The summed E-state index contributed by atoms with van der Waals surface area (Å²) in [6, 6.07) is 8.60. The molecule has 0 spiro atoms. The van der Waals surface area contributed by atoms with Gasteiger partial charge in [0.1, 0.15) is 0 Å². The normalized spacial score (nSPS) is 17.8. The van der Waals surface area contributed by atoms with Gasteiger partial charge in [-0.05, 0) is 43.2 Å². The van der Waals surface area contributed by atoms with Crippen LogP contribution in [0.5, 0.6) is 0 Å². The predicted molar refractivity (Wildman–Crippen MR) is 104 cm³/mol. The lowest BCUT2D eigenvalue weighted by molar-refractivity contribution is -0.144. The Kier molecular flexibility index (Phi) is 12.4. The average Bonchev–Trinajstić information content (AvgIpc) is 2.80. The quantitative estimate of drug-likeness (QED) is 0.547. The van der Waals surface area contributed by atoms with Crippen molar-refractivity contribution in [1.82, 2.24) is 0 Å². The molecule has 0 aromatic heterocycles. The summed E-state index contributed by atoms with van der Waals surface area (Å²) in [5.41, 5.74) is 3.87. The second-order valence-corrected chi connectivity index (χ2v) is 7.14. The molecule has 4 heteroatoms. The average molecular weight is 353 g/mol. The van der Waals surface area contributed by atoms with E-state index in [0.717, 1.165) is 11.4 Å². The first-order valence-electron chi connectivity index (χ1n) is 8.67. The summed E-state index contributed by atoms with van der Waals surface area (Å²) in [6.07, 6.45) is 2.44. The van der Waals surface area contributed by atoms with Crippen molar-refractivity contribution >= 4 is 23.3 Å². The molecule has 0 saturated heterocycles. The maximum Gasteiger partial charge on any atom is 0.302 e. The molecule has 0 bridgehead atoms. The van der Waals surface area contributed by atoms with E-state index in [0.29, 0.717) is 11.8 Å². The zero-order valence-corrected chi connectivity index (χ0v) is 16.7. The first-order valence-corrected chi connectivity index (χ1v) is 9.72. The SMILES string of the molecule is CC(=O)OC(C)C.CC1Cc2ccccc2[C@H]1CSC=O.CCC. The third kappa shape index (κ3) is 9.11. The molecule has 1 aromatic carbocycles. The summed E-state index contributed by atoms with van der Waals surface area (Å²) < 4.78 is 4.61. The Balaban J connectivity index is 0.000000448. The van der Waals surface area contributed by atoms with Crippen LogP contribution in [0.2, 0.25) is 0 Å². The standard InChI is InChI=1S/C12H14OS.C5H10O2.C3H8/c1-9-6-10-4-2-3-5-11(10)12(9)7-14-8-13;1-4(2)7-5(3)6;1-3-2/h2-5,8-9,12H,6-7H2,1H3;4H,1-3H3;3H2,1-2H3/t9?,12-;;/m0../s1. The summed E-state index contributed by atoms with van der Waals surface area (Å²) in [4.78, 5) is 20.4. The van der Waals surface area contributed by atoms with E-state index in [1.807, 2.05) is 13.8 Å². The van der Waals surface area contributed by atoms with Gasteiger partial charge in [0.05, 0.1) is 6.10 Å². The van der Waals surface area contributed by atoms with Crippen LogP contribution in [0.1, 0.15) is 65.0 Å². The van der Waals surface area contributed by atoms with Gasteiger partial charge in [0.15, 0.2) is 5.62 Å². The van der Waals surface area contributed by atoms with Crippen molar-refractivity contribution in [3.8, 4) is 0 Å². The lowest BCUT2D eigenvalue weighted by Gasteiger charge is -2.14. The van der Waals surface area contributed by atoms with Gasteiger partial charge in [-0.2, -0.15) is 0 Å². The van der Waals surface area contributed by atoms with Gasteiger partial charge in [-0.1, -0.05) is 63.2 Å². The highest BCUT2D eigenvalue weighted by molar-refractivity contribution is 8.11. The summed E-state index contributed by atoms with van der Waals surface area (Å²) in [7, 11) is 0. The maximum atomic E-state index is 10.3. The Morgan fingerprint density at radius 3 is 2.38 bits per heavy atom. The van der Waals surface area contributed by atoms with E-state index < -0.39 is 0 Å². The van der Waals surface area contributed by atoms with Crippen LogP contribution in [0.4, 0.5) is 0 Å². The number of thioether (sulfide) groups is 1. The van der Waals surface area contributed by atoms with Gasteiger partial charge < -0.3 is 4.74 Å². The van der Waals surface area contributed by atoms with Crippen molar-refractivity contribution < 1.29 is 14.3 Å². The van der Waals surface area contributed by atoms with Crippen molar-refractivity contribution in [2.45, 2.75) is 66.4 Å². The van der Waals surface area contributed by atoms with Gasteiger partial charge in [0.25, 0.3) is 0 Å². The summed E-state index contributed by atoms with van der Waals surface area (Å²) in [6.45, 7) is 11.6. The molecule has 0 fully saturated rings. The topological polar surface area (TPSA) is 43.4 Å². The fourth-order valence-electron chi connectivity index (χ4n) is 2.61. The molecule has 2 rings (SSSR count).